The third-order valence-electron chi connectivity index (χ3n) is 6.84. The average molecular weight is 700 g/mol. The Morgan fingerprint density at radius 3 is 2.70 bits per heavy atom. The van der Waals surface area contributed by atoms with Gasteiger partial charge in [-0.1, -0.05) is 12.1 Å². The monoisotopic (exact) mass is 698 g/mol. The molecule has 2 aromatic carbocycles. The van der Waals surface area contributed by atoms with Gasteiger partial charge >= 0.3 is 0 Å². The number of halogens is 2. The number of sulfone groups is 1. The highest BCUT2D eigenvalue weighted by Crippen LogP contribution is 2.32. The number of ether oxygens (including phenoxy) is 1. The van der Waals surface area contributed by atoms with E-state index in [1.807, 2.05) is 35.7 Å². The minimum absolute atomic E-state index is 0.148. The average Bonchev–Trinajstić information content (AvgIpc) is 3.47. The van der Waals surface area contributed by atoms with Crippen LogP contribution in [-0.2, 0) is 22.9 Å². The SMILES string of the molecule is CC(C)S(=O)(=O)CCNCCCc1nc(-c2cc3c(Nc4ccc(OCc5cccc(F)c5)c(Br)c4)ncnc3cn2)cs1. The van der Waals surface area contributed by atoms with Crippen molar-refractivity contribution in [2.75, 3.05) is 24.2 Å². The molecule has 3 aromatic heterocycles. The predicted octanol–water partition coefficient (Wildman–Crippen LogP) is 6.72. The van der Waals surface area contributed by atoms with Crippen LogP contribution in [0.5, 0.6) is 5.75 Å². The molecule has 0 atom stereocenters. The van der Waals surface area contributed by atoms with Crippen LogP contribution in [0.15, 0.2) is 70.9 Å². The van der Waals surface area contributed by atoms with Gasteiger partial charge < -0.3 is 15.4 Å². The van der Waals surface area contributed by atoms with Gasteiger partial charge in [-0.3, -0.25) is 4.98 Å². The minimum atomic E-state index is -3.03. The van der Waals surface area contributed by atoms with E-state index in [9.17, 15) is 12.8 Å². The first-order valence-electron chi connectivity index (χ1n) is 14.1. The number of benzene rings is 2. The van der Waals surface area contributed by atoms with Crippen LogP contribution in [0, 0.1) is 5.82 Å². The van der Waals surface area contributed by atoms with Crippen molar-refractivity contribution in [2.24, 2.45) is 0 Å². The summed E-state index contributed by atoms with van der Waals surface area (Å²) in [6, 6.07) is 13.9. The van der Waals surface area contributed by atoms with Gasteiger partial charge in [0.2, 0.25) is 0 Å². The zero-order valence-electron chi connectivity index (χ0n) is 24.3. The molecule has 3 heterocycles. The maximum atomic E-state index is 13.5. The van der Waals surface area contributed by atoms with Gasteiger partial charge in [0.1, 0.15) is 30.3 Å². The molecule has 0 aliphatic rings. The molecule has 44 heavy (non-hydrogen) atoms. The van der Waals surface area contributed by atoms with Gasteiger partial charge in [-0.25, -0.2) is 27.8 Å². The van der Waals surface area contributed by atoms with E-state index in [1.54, 1.807) is 37.4 Å². The van der Waals surface area contributed by atoms with Gasteiger partial charge in [-0.15, -0.1) is 11.3 Å². The second kappa shape index (κ2) is 14.5. The van der Waals surface area contributed by atoms with Gasteiger partial charge in [-0.2, -0.15) is 0 Å². The Morgan fingerprint density at radius 1 is 1.05 bits per heavy atom. The molecule has 0 aliphatic carbocycles. The van der Waals surface area contributed by atoms with Crippen LogP contribution in [0.1, 0.15) is 30.8 Å². The Labute approximate surface area is 268 Å². The Morgan fingerprint density at radius 2 is 1.91 bits per heavy atom. The summed E-state index contributed by atoms with van der Waals surface area (Å²) in [4.78, 5) is 18.2. The minimum Gasteiger partial charge on any atom is -0.488 e. The fraction of sp³-hybridized carbons (Fsp3) is 0.290. The van der Waals surface area contributed by atoms with Crippen LogP contribution < -0.4 is 15.4 Å². The number of aromatic nitrogens is 4. The summed E-state index contributed by atoms with van der Waals surface area (Å²) in [5.74, 6) is 1.11. The number of nitrogens with one attached hydrogen (secondary N) is 2. The summed E-state index contributed by atoms with van der Waals surface area (Å²) < 4.78 is 44.0. The zero-order chi connectivity index (χ0) is 31.1. The zero-order valence-corrected chi connectivity index (χ0v) is 27.5. The molecule has 9 nitrogen and oxygen atoms in total. The van der Waals surface area contributed by atoms with Gasteiger partial charge in [0.25, 0.3) is 0 Å². The molecule has 0 unspecified atom stereocenters. The number of hydrogen-bond donors (Lipinski definition) is 2. The van der Waals surface area contributed by atoms with Crippen molar-refractivity contribution in [3.63, 3.8) is 0 Å². The molecule has 0 saturated heterocycles. The molecule has 5 aromatic rings. The lowest BCUT2D eigenvalue weighted by Gasteiger charge is -2.12. The van der Waals surface area contributed by atoms with Crippen molar-refractivity contribution in [1.82, 2.24) is 25.3 Å². The number of thiazole rings is 1. The highest BCUT2D eigenvalue weighted by molar-refractivity contribution is 9.10. The van der Waals surface area contributed by atoms with Crippen molar-refractivity contribution in [2.45, 2.75) is 38.5 Å². The number of anilines is 2. The van der Waals surface area contributed by atoms with E-state index in [1.165, 1.54) is 18.5 Å². The van der Waals surface area contributed by atoms with Gasteiger partial charge in [0.05, 0.1) is 43.6 Å². The Hall–Kier alpha value is -3.52. The molecule has 13 heteroatoms. The lowest BCUT2D eigenvalue weighted by molar-refractivity contribution is 0.303. The molecule has 0 amide bonds. The summed E-state index contributed by atoms with van der Waals surface area (Å²) in [6.07, 6.45) is 4.84. The predicted molar refractivity (Wildman–Crippen MR) is 177 cm³/mol. The van der Waals surface area contributed by atoms with Crippen LogP contribution in [0.2, 0.25) is 0 Å². The highest BCUT2D eigenvalue weighted by atomic mass is 79.9. The molecule has 0 bridgehead atoms. The summed E-state index contributed by atoms with van der Waals surface area (Å²) in [7, 11) is -3.03. The molecule has 5 rings (SSSR count). The summed E-state index contributed by atoms with van der Waals surface area (Å²) in [5, 5.41) is 10.0. The summed E-state index contributed by atoms with van der Waals surface area (Å²) >= 11 is 5.15. The fourth-order valence-corrected chi connectivity index (χ4v) is 6.53. The molecule has 0 aliphatic heterocycles. The van der Waals surface area contributed by atoms with Crippen molar-refractivity contribution < 1.29 is 17.5 Å². The maximum absolute atomic E-state index is 13.5. The third kappa shape index (κ3) is 8.35. The second-order valence-corrected chi connectivity index (χ2v) is 14.9. The first-order valence-corrected chi connectivity index (χ1v) is 17.5. The van der Waals surface area contributed by atoms with Gasteiger partial charge in [-0.05, 0) is 84.7 Å². The Balaban J connectivity index is 1.21. The largest absolute Gasteiger partial charge is 0.488 e. The number of fused-ring (bicyclic) bond motifs is 1. The van der Waals surface area contributed by atoms with E-state index in [0.29, 0.717) is 23.6 Å². The quantitative estimate of drug-likeness (QED) is 0.122. The van der Waals surface area contributed by atoms with Gasteiger partial charge in [0, 0.05) is 29.4 Å². The molecule has 230 valence electrons. The smallest absolute Gasteiger partial charge is 0.153 e. The van der Waals surface area contributed by atoms with E-state index in [2.05, 4.69) is 41.5 Å². The molecule has 0 fully saturated rings. The first-order chi connectivity index (χ1) is 21.2. The number of rotatable bonds is 14. The van der Waals surface area contributed by atoms with Crippen LogP contribution in [0.25, 0.3) is 22.3 Å². The second-order valence-electron chi connectivity index (χ2n) is 10.4. The van der Waals surface area contributed by atoms with E-state index >= 15 is 0 Å². The lowest BCUT2D eigenvalue weighted by Crippen LogP contribution is -2.28. The molecule has 0 saturated carbocycles. The van der Waals surface area contributed by atoms with Crippen LogP contribution >= 0.6 is 27.3 Å². The maximum Gasteiger partial charge on any atom is 0.153 e. The van der Waals surface area contributed by atoms with E-state index in [-0.39, 0.29) is 23.4 Å². The molecular formula is C31H32BrFN6O3S2. The number of pyridine rings is 1. The number of nitrogens with zero attached hydrogens (tertiary/aromatic N) is 4. The normalized spacial score (nSPS) is 11.8. The number of hydrogen-bond acceptors (Lipinski definition) is 10. The van der Waals surface area contributed by atoms with Gasteiger partial charge in [0.15, 0.2) is 9.84 Å². The Bertz CT molecular complexity index is 1850. The van der Waals surface area contributed by atoms with E-state index in [0.717, 1.165) is 56.9 Å². The van der Waals surface area contributed by atoms with Crippen molar-refractivity contribution >= 4 is 59.5 Å². The molecule has 0 radical (unpaired) electrons. The fourth-order valence-electron chi connectivity index (χ4n) is 4.30. The van der Waals surface area contributed by atoms with E-state index in [4.69, 9.17) is 9.72 Å². The number of aryl methyl sites for hydroxylation is 1. The standard InChI is InChI=1S/C31H32BrFN6O3S2/c1-20(2)44(40,41)12-11-34-10-4-7-30-39-28(18-43-30)26-15-24-27(16-35-26)36-19-37-31(24)38-23-8-9-29(25(32)14-23)42-17-21-5-3-6-22(33)13-21/h3,5-6,8-9,13-16,18-20,34H,4,7,10-12,17H2,1-2H3,(H,36,37,38). The third-order valence-corrected chi connectivity index (χ3v) is 10.6. The van der Waals surface area contributed by atoms with Crippen LogP contribution in [0.3, 0.4) is 0 Å². The molecule has 2 N–H and O–H groups in total. The van der Waals surface area contributed by atoms with Crippen molar-refractivity contribution in [3.05, 3.63) is 87.3 Å². The van der Waals surface area contributed by atoms with E-state index < -0.39 is 9.84 Å². The topological polar surface area (TPSA) is 119 Å². The first kappa shape index (κ1) is 31.9. The van der Waals surface area contributed by atoms with Crippen molar-refractivity contribution in [3.8, 4) is 17.1 Å². The Kier molecular flexibility index (Phi) is 10.5. The summed E-state index contributed by atoms with van der Waals surface area (Å²) in [5.41, 5.74) is 3.73. The molecular weight excluding hydrogens is 667 g/mol. The summed E-state index contributed by atoms with van der Waals surface area (Å²) in [6.45, 7) is 4.83. The van der Waals surface area contributed by atoms with Crippen molar-refractivity contribution in [1.29, 1.82) is 0 Å². The van der Waals surface area contributed by atoms with Crippen LogP contribution in [-0.4, -0.2) is 52.4 Å². The molecule has 0 spiro atoms. The highest BCUT2D eigenvalue weighted by Gasteiger charge is 2.15. The lowest BCUT2D eigenvalue weighted by atomic mass is 10.2. The van der Waals surface area contributed by atoms with Crippen LogP contribution in [0.4, 0.5) is 15.9 Å².